The summed E-state index contributed by atoms with van der Waals surface area (Å²) in [6.45, 7) is 2.49. The molecule has 24 heavy (non-hydrogen) atoms. The number of nitrogens with zero attached hydrogens (tertiary/aromatic N) is 3. The van der Waals surface area contributed by atoms with Gasteiger partial charge in [-0.05, 0) is 30.9 Å². The number of rotatable bonds is 4. The van der Waals surface area contributed by atoms with Gasteiger partial charge in [0.15, 0.2) is 5.65 Å². The zero-order chi connectivity index (χ0) is 16.4. The third-order valence-corrected chi connectivity index (χ3v) is 4.42. The number of ether oxygens (including phenoxy) is 1. The van der Waals surface area contributed by atoms with Crippen LogP contribution in [0.4, 0.5) is 10.2 Å². The lowest BCUT2D eigenvalue weighted by molar-refractivity contribution is 0.0699. The Bertz CT molecular complexity index is 842. The Kier molecular flexibility index (Phi) is 4.13. The van der Waals surface area contributed by atoms with Crippen molar-refractivity contribution in [2.45, 2.75) is 12.8 Å². The van der Waals surface area contributed by atoms with Crippen molar-refractivity contribution < 1.29 is 9.13 Å². The standard InChI is InChI=1S/C18H19FN4O/c19-15-4-2-1-3-14(15)16-11-18(23-17(22-16)5-8-21-23)20-12-13-6-9-24-10-7-13/h1-5,8,11,13,20H,6-7,9-10,12H2. The summed E-state index contributed by atoms with van der Waals surface area (Å²) in [5.41, 5.74) is 1.80. The summed E-state index contributed by atoms with van der Waals surface area (Å²) < 4.78 is 21.3. The van der Waals surface area contributed by atoms with Gasteiger partial charge < -0.3 is 10.1 Å². The summed E-state index contributed by atoms with van der Waals surface area (Å²) in [6.07, 6.45) is 3.81. The van der Waals surface area contributed by atoms with Gasteiger partial charge in [-0.2, -0.15) is 9.61 Å². The first-order chi connectivity index (χ1) is 11.8. The smallest absolute Gasteiger partial charge is 0.157 e. The van der Waals surface area contributed by atoms with Gasteiger partial charge in [-0.3, -0.25) is 0 Å². The van der Waals surface area contributed by atoms with E-state index in [1.807, 2.05) is 18.2 Å². The molecule has 4 rings (SSSR count). The molecule has 1 N–H and O–H groups in total. The first-order valence-electron chi connectivity index (χ1n) is 8.22. The molecule has 1 aliphatic rings. The zero-order valence-corrected chi connectivity index (χ0v) is 13.3. The Morgan fingerprint density at radius 3 is 2.88 bits per heavy atom. The van der Waals surface area contributed by atoms with Crippen LogP contribution in [0.15, 0.2) is 42.6 Å². The predicted molar refractivity (Wildman–Crippen MR) is 90.4 cm³/mol. The van der Waals surface area contributed by atoms with Crippen LogP contribution < -0.4 is 5.32 Å². The number of fused-ring (bicyclic) bond motifs is 1. The first kappa shape index (κ1) is 15.1. The van der Waals surface area contributed by atoms with Gasteiger partial charge in [-0.15, -0.1) is 0 Å². The molecule has 0 amide bonds. The molecule has 1 aromatic carbocycles. The van der Waals surface area contributed by atoms with Crippen molar-refractivity contribution in [2.24, 2.45) is 5.92 Å². The van der Waals surface area contributed by atoms with Gasteiger partial charge in [0.2, 0.25) is 0 Å². The van der Waals surface area contributed by atoms with E-state index >= 15 is 0 Å². The molecule has 124 valence electrons. The highest BCUT2D eigenvalue weighted by Crippen LogP contribution is 2.25. The molecule has 1 aliphatic heterocycles. The van der Waals surface area contributed by atoms with Crippen molar-refractivity contribution in [3.8, 4) is 11.3 Å². The van der Waals surface area contributed by atoms with Crippen molar-refractivity contribution in [2.75, 3.05) is 25.1 Å². The highest BCUT2D eigenvalue weighted by molar-refractivity contribution is 5.66. The van der Waals surface area contributed by atoms with E-state index in [1.54, 1.807) is 22.8 Å². The maximum Gasteiger partial charge on any atom is 0.157 e. The molecule has 0 atom stereocenters. The zero-order valence-electron chi connectivity index (χ0n) is 13.3. The molecule has 0 bridgehead atoms. The summed E-state index contributed by atoms with van der Waals surface area (Å²) in [4.78, 5) is 4.52. The molecule has 6 heteroatoms. The molecular formula is C18H19FN4O. The second kappa shape index (κ2) is 6.57. The van der Waals surface area contributed by atoms with E-state index in [4.69, 9.17) is 4.74 Å². The minimum absolute atomic E-state index is 0.274. The van der Waals surface area contributed by atoms with E-state index in [0.717, 1.165) is 38.4 Å². The average Bonchev–Trinajstić information content (AvgIpc) is 3.09. The van der Waals surface area contributed by atoms with E-state index in [-0.39, 0.29) is 5.82 Å². The second-order valence-electron chi connectivity index (χ2n) is 6.04. The Morgan fingerprint density at radius 1 is 1.21 bits per heavy atom. The lowest BCUT2D eigenvalue weighted by Crippen LogP contribution is -2.23. The number of nitrogens with one attached hydrogen (secondary N) is 1. The Morgan fingerprint density at radius 2 is 2.04 bits per heavy atom. The summed E-state index contributed by atoms with van der Waals surface area (Å²) in [5.74, 6) is 1.13. The van der Waals surface area contributed by atoms with E-state index in [9.17, 15) is 4.39 Å². The van der Waals surface area contributed by atoms with Crippen molar-refractivity contribution in [3.05, 3.63) is 48.4 Å². The van der Waals surface area contributed by atoms with E-state index in [1.165, 1.54) is 6.07 Å². The van der Waals surface area contributed by atoms with Gasteiger partial charge in [-0.25, -0.2) is 9.37 Å². The fraction of sp³-hybridized carbons (Fsp3) is 0.333. The SMILES string of the molecule is Fc1ccccc1-c1cc(NCC2CCOCC2)n2nccc2n1. The van der Waals surface area contributed by atoms with Crippen molar-refractivity contribution in [1.29, 1.82) is 0 Å². The Labute approximate surface area is 139 Å². The number of halogens is 1. The summed E-state index contributed by atoms with van der Waals surface area (Å²) >= 11 is 0. The molecule has 2 aromatic heterocycles. The number of hydrogen-bond acceptors (Lipinski definition) is 4. The minimum atomic E-state index is -0.274. The normalized spacial score (nSPS) is 15.7. The Balaban J connectivity index is 1.66. The second-order valence-corrected chi connectivity index (χ2v) is 6.04. The number of aromatic nitrogens is 3. The molecule has 0 unspecified atom stereocenters. The number of anilines is 1. The van der Waals surface area contributed by atoms with Crippen molar-refractivity contribution >= 4 is 11.5 Å². The fourth-order valence-corrected chi connectivity index (χ4v) is 3.05. The highest BCUT2D eigenvalue weighted by Gasteiger charge is 2.15. The van der Waals surface area contributed by atoms with Crippen LogP contribution in [0.2, 0.25) is 0 Å². The van der Waals surface area contributed by atoms with Crippen LogP contribution >= 0.6 is 0 Å². The topological polar surface area (TPSA) is 51.5 Å². The van der Waals surface area contributed by atoms with Crippen LogP contribution in [0.3, 0.4) is 0 Å². The Hall–Kier alpha value is -2.47. The van der Waals surface area contributed by atoms with Crippen LogP contribution in [-0.2, 0) is 4.74 Å². The molecule has 0 spiro atoms. The highest BCUT2D eigenvalue weighted by atomic mass is 19.1. The minimum Gasteiger partial charge on any atom is -0.381 e. The van der Waals surface area contributed by atoms with E-state index in [0.29, 0.717) is 22.8 Å². The first-order valence-corrected chi connectivity index (χ1v) is 8.22. The van der Waals surface area contributed by atoms with Gasteiger partial charge in [0.25, 0.3) is 0 Å². The van der Waals surface area contributed by atoms with Crippen LogP contribution in [-0.4, -0.2) is 34.4 Å². The van der Waals surface area contributed by atoms with Crippen molar-refractivity contribution in [3.63, 3.8) is 0 Å². The summed E-state index contributed by atoms with van der Waals surface area (Å²) in [6, 6.07) is 10.4. The van der Waals surface area contributed by atoms with Gasteiger partial charge in [0.05, 0.1) is 11.9 Å². The molecule has 0 aliphatic carbocycles. The number of hydrogen-bond donors (Lipinski definition) is 1. The predicted octanol–water partition coefficient (Wildman–Crippen LogP) is 3.37. The molecule has 3 heterocycles. The molecule has 3 aromatic rings. The summed E-state index contributed by atoms with van der Waals surface area (Å²) in [7, 11) is 0. The maximum atomic E-state index is 14.1. The fourth-order valence-electron chi connectivity index (χ4n) is 3.05. The molecular weight excluding hydrogens is 307 g/mol. The van der Waals surface area contributed by atoms with Gasteiger partial charge >= 0.3 is 0 Å². The van der Waals surface area contributed by atoms with E-state index < -0.39 is 0 Å². The third-order valence-electron chi connectivity index (χ3n) is 4.42. The largest absolute Gasteiger partial charge is 0.381 e. The van der Waals surface area contributed by atoms with E-state index in [2.05, 4.69) is 15.4 Å². The monoisotopic (exact) mass is 326 g/mol. The summed E-state index contributed by atoms with van der Waals surface area (Å²) in [5, 5.41) is 7.77. The third kappa shape index (κ3) is 2.97. The van der Waals surface area contributed by atoms with Crippen LogP contribution in [0.5, 0.6) is 0 Å². The van der Waals surface area contributed by atoms with Gasteiger partial charge in [0.1, 0.15) is 11.6 Å². The van der Waals surface area contributed by atoms with Crippen LogP contribution in [0.25, 0.3) is 16.9 Å². The molecule has 1 saturated heterocycles. The lowest BCUT2D eigenvalue weighted by atomic mass is 10.0. The molecule has 0 saturated carbocycles. The molecule has 5 nitrogen and oxygen atoms in total. The maximum absolute atomic E-state index is 14.1. The van der Waals surface area contributed by atoms with Crippen LogP contribution in [0.1, 0.15) is 12.8 Å². The van der Waals surface area contributed by atoms with Gasteiger partial charge in [0, 0.05) is 37.5 Å². The number of benzene rings is 1. The van der Waals surface area contributed by atoms with Crippen molar-refractivity contribution in [1.82, 2.24) is 14.6 Å². The van der Waals surface area contributed by atoms with Crippen LogP contribution in [0, 0.1) is 11.7 Å². The quantitative estimate of drug-likeness (QED) is 0.798. The lowest BCUT2D eigenvalue weighted by Gasteiger charge is -2.22. The molecule has 1 fully saturated rings. The average molecular weight is 326 g/mol. The molecule has 0 radical (unpaired) electrons. The van der Waals surface area contributed by atoms with Gasteiger partial charge in [-0.1, -0.05) is 12.1 Å².